The minimum atomic E-state index is -4.53. The van der Waals surface area contributed by atoms with E-state index in [4.69, 9.17) is 17.3 Å². The van der Waals surface area contributed by atoms with Crippen molar-refractivity contribution in [2.24, 2.45) is 0 Å². The number of nitrogens with zero attached hydrogens (tertiary/aromatic N) is 3. The van der Waals surface area contributed by atoms with Gasteiger partial charge in [0.2, 0.25) is 0 Å². The summed E-state index contributed by atoms with van der Waals surface area (Å²) in [6.45, 7) is 3.71. The zero-order valence-electron chi connectivity index (χ0n) is 10.7. The van der Waals surface area contributed by atoms with E-state index in [0.717, 1.165) is 6.07 Å². The zero-order valence-corrected chi connectivity index (χ0v) is 11.5. The molecule has 8 heteroatoms. The molecule has 1 aromatic heterocycles. The monoisotopic (exact) mass is 304 g/mol. The van der Waals surface area contributed by atoms with E-state index in [1.807, 2.05) is 13.8 Å². The van der Waals surface area contributed by atoms with Gasteiger partial charge in [0.1, 0.15) is 0 Å². The molecule has 0 aliphatic rings. The van der Waals surface area contributed by atoms with Crippen LogP contribution in [0.5, 0.6) is 0 Å². The quantitative estimate of drug-likeness (QED) is 0.921. The third-order valence-electron chi connectivity index (χ3n) is 2.78. The van der Waals surface area contributed by atoms with Crippen molar-refractivity contribution >= 4 is 17.4 Å². The molecular formula is C12H12ClF3N4. The summed E-state index contributed by atoms with van der Waals surface area (Å²) in [5, 5.41) is 7.14. The van der Waals surface area contributed by atoms with Gasteiger partial charge in [0.15, 0.2) is 5.82 Å². The molecule has 0 unspecified atom stereocenters. The molecule has 2 N–H and O–H groups in total. The molecular weight excluding hydrogens is 293 g/mol. The average Bonchev–Trinajstić information content (AvgIpc) is 2.70. The smallest absolute Gasteiger partial charge is 0.381 e. The lowest BCUT2D eigenvalue weighted by molar-refractivity contribution is -0.137. The summed E-state index contributed by atoms with van der Waals surface area (Å²) in [6.07, 6.45) is -4.53. The average molecular weight is 305 g/mol. The van der Waals surface area contributed by atoms with E-state index in [-0.39, 0.29) is 22.4 Å². The fourth-order valence-electron chi connectivity index (χ4n) is 1.89. The van der Waals surface area contributed by atoms with E-state index in [1.54, 1.807) is 0 Å². The number of hydrogen-bond donors (Lipinski definition) is 1. The van der Waals surface area contributed by atoms with E-state index < -0.39 is 11.7 Å². The molecule has 1 heterocycles. The molecule has 2 rings (SSSR count). The van der Waals surface area contributed by atoms with Gasteiger partial charge in [-0.2, -0.15) is 13.2 Å². The number of aromatic nitrogens is 3. The third-order valence-corrected chi connectivity index (χ3v) is 3.11. The van der Waals surface area contributed by atoms with Crippen molar-refractivity contribution < 1.29 is 13.2 Å². The second-order valence-electron chi connectivity index (χ2n) is 4.59. The van der Waals surface area contributed by atoms with Crippen molar-refractivity contribution in [1.29, 1.82) is 0 Å². The molecule has 0 spiro atoms. The zero-order chi connectivity index (χ0) is 15.1. The van der Waals surface area contributed by atoms with Crippen LogP contribution in [-0.4, -0.2) is 15.0 Å². The molecule has 0 fully saturated rings. The highest BCUT2D eigenvalue weighted by Gasteiger charge is 2.33. The Kier molecular flexibility index (Phi) is 3.64. The maximum atomic E-state index is 12.9. The van der Waals surface area contributed by atoms with E-state index in [0.29, 0.717) is 5.69 Å². The largest absolute Gasteiger partial charge is 0.417 e. The molecule has 0 saturated carbocycles. The van der Waals surface area contributed by atoms with Gasteiger partial charge in [-0.15, -0.1) is 5.10 Å². The molecule has 4 nitrogen and oxygen atoms in total. The van der Waals surface area contributed by atoms with Crippen molar-refractivity contribution in [2.45, 2.75) is 25.9 Å². The number of benzene rings is 1. The molecule has 20 heavy (non-hydrogen) atoms. The summed E-state index contributed by atoms with van der Waals surface area (Å²) >= 11 is 5.59. The standard InChI is InChI=1S/C12H12ClF3N4/c1-6(2)10-11(17)18-19-20(10)7-3-4-9(13)8(5-7)12(14,15)16/h3-6H,17H2,1-2H3. The molecule has 0 aliphatic carbocycles. The summed E-state index contributed by atoms with van der Waals surface area (Å²) in [6, 6.07) is 3.56. The van der Waals surface area contributed by atoms with E-state index >= 15 is 0 Å². The Balaban J connectivity index is 2.60. The van der Waals surface area contributed by atoms with Crippen molar-refractivity contribution in [1.82, 2.24) is 15.0 Å². The molecule has 0 saturated heterocycles. The number of alkyl halides is 3. The van der Waals surface area contributed by atoms with Gasteiger partial charge in [-0.05, 0) is 24.1 Å². The first-order valence-corrected chi connectivity index (χ1v) is 6.17. The van der Waals surface area contributed by atoms with E-state index in [2.05, 4.69) is 10.3 Å². The predicted octanol–water partition coefficient (Wildman–Crippen LogP) is 3.65. The first-order valence-electron chi connectivity index (χ1n) is 5.80. The Labute approximate surface area is 118 Å². The van der Waals surface area contributed by atoms with Crippen LogP contribution in [0.1, 0.15) is 31.0 Å². The summed E-state index contributed by atoms with van der Waals surface area (Å²) in [7, 11) is 0. The number of rotatable bonds is 2. The van der Waals surface area contributed by atoms with Gasteiger partial charge in [0.05, 0.1) is 22.0 Å². The van der Waals surface area contributed by atoms with Crippen molar-refractivity contribution in [3.63, 3.8) is 0 Å². The summed E-state index contributed by atoms with van der Waals surface area (Å²) < 4.78 is 39.9. The number of halogens is 4. The van der Waals surface area contributed by atoms with Crippen LogP contribution in [0.3, 0.4) is 0 Å². The maximum absolute atomic E-state index is 12.9. The van der Waals surface area contributed by atoms with Crippen LogP contribution >= 0.6 is 11.6 Å². The van der Waals surface area contributed by atoms with Crippen LogP contribution in [0.2, 0.25) is 5.02 Å². The molecule has 0 radical (unpaired) electrons. The lowest BCUT2D eigenvalue weighted by Crippen LogP contribution is -2.10. The molecule has 0 amide bonds. The van der Waals surface area contributed by atoms with Gasteiger partial charge in [0, 0.05) is 0 Å². The molecule has 0 atom stereocenters. The summed E-state index contributed by atoms with van der Waals surface area (Å²) in [4.78, 5) is 0. The van der Waals surface area contributed by atoms with E-state index in [1.165, 1.54) is 16.8 Å². The van der Waals surface area contributed by atoms with Gasteiger partial charge in [-0.1, -0.05) is 30.7 Å². The van der Waals surface area contributed by atoms with Gasteiger partial charge in [-0.25, -0.2) is 4.68 Å². The second-order valence-corrected chi connectivity index (χ2v) is 5.00. The fourth-order valence-corrected chi connectivity index (χ4v) is 2.12. The highest BCUT2D eigenvalue weighted by atomic mass is 35.5. The number of anilines is 1. The van der Waals surface area contributed by atoms with Crippen molar-refractivity contribution in [3.8, 4) is 5.69 Å². The Morgan fingerprint density at radius 3 is 2.50 bits per heavy atom. The molecule has 0 bridgehead atoms. The van der Waals surface area contributed by atoms with Gasteiger partial charge in [0.25, 0.3) is 0 Å². The number of hydrogen-bond acceptors (Lipinski definition) is 3. The van der Waals surface area contributed by atoms with Crippen LogP contribution in [0, 0.1) is 0 Å². The van der Waals surface area contributed by atoms with Crippen molar-refractivity contribution in [3.05, 3.63) is 34.5 Å². The SMILES string of the molecule is CC(C)c1c(N)nnn1-c1ccc(Cl)c(C(F)(F)F)c1. The molecule has 108 valence electrons. The molecule has 1 aromatic carbocycles. The Morgan fingerprint density at radius 1 is 1.30 bits per heavy atom. The first kappa shape index (κ1) is 14.6. The van der Waals surface area contributed by atoms with Crippen LogP contribution in [0.4, 0.5) is 19.0 Å². The predicted molar refractivity (Wildman–Crippen MR) is 69.9 cm³/mol. The van der Waals surface area contributed by atoms with E-state index in [9.17, 15) is 13.2 Å². The Morgan fingerprint density at radius 2 is 1.95 bits per heavy atom. The van der Waals surface area contributed by atoms with Crippen LogP contribution in [-0.2, 0) is 6.18 Å². The maximum Gasteiger partial charge on any atom is 0.417 e. The van der Waals surface area contributed by atoms with Crippen LogP contribution in [0.15, 0.2) is 18.2 Å². The Hall–Kier alpha value is -1.76. The fraction of sp³-hybridized carbons (Fsp3) is 0.333. The number of nitrogens with two attached hydrogens (primary N) is 1. The lowest BCUT2D eigenvalue weighted by atomic mass is 10.1. The third kappa shape index (κ3) is 2.58. The summed E-state index contributed by atoms with van der Waals surface area (Å²) in [5.41, 5.74) is 5.55. The topological polar surface area (TPSA) is 56.7 Å². The van der Waals surface area contributed by atoms with Gasteiger partial charge < -0.3 is 5.73 Å². The first-order chi connectivity index (χ1) is 9.21. The highest BCUT2D eigenvalue weighted by Crippen LogP contribution is 2.36. The van der Waals surface area contributed by atoms with Gasteiger partial charge in [-0.3, -0.25) is 0 Å². The van der Waals surface area contributed by atoms with Crippen LogP contribution < -0.4 is 5.73 Å². The summed E-state index contributed by atoms with van der Waals surface area (Å²) in [5.74, 6) is 0.165. The minimum absolute atomic E-state index is 0.0324. The normalized spacial score (nSPS) is 12.2. The minimum Gasteiger partial charge on any atom is -0.381 e. The van der Waals surface area contributed by atoms with Crippen molar-refractivity contribution in [2.75, 3.05) is 5.73 Å². The molecule has 2 aromatic rings. The van der Waals surface area contributed by atoms with Gasteiger partial charge >= 0.3 is 6.18 Å². The van der Waals surface area contributed by atoms with Crippen LogP contribution in [0.25, 0.3) is 5.69 Å². The lowest BCUT2D eigenvalue weighted by Gasteiger charge is -2.13. The highest BCUT2D eigenvalue weighted by molar-refractivity contribution is 6.31. The second kappa shape index (κ2) is 4.97. The Bertz CT molecular complexity index is 634. The number of nitrogen functional groups attached to an aromatic ring is 1. The molecule has 0 aliphatic heterocycles.